The van der Waals surface area contributed by atoms with Crippen molar-refractivity contribution in [1.82, 2.24) is 0 Å². The van der Waals surface area contributed by atoms with E-state index in [4.69, 9.17) is 0 Å². The highest BCUT2D eigenvalue weighted by atomic mass is 79.9. The second kappa shape index (κ2) is 7.24. The zero-order valence-electron chi connectivity index (χ0n) is 14.4. The number of hydrogen-bond donors (Lipinski definition) is 0. The molecule has 136 valence electrons. The lowest BCUT2D eigenvalue weighted by Gasteiger charge is -2.26. The summed E-state index contributed by atoms with van der Waals surface area (Å²) in [6.07, 6.45) is 0. The minimum atomic E-state index is 1.09. The Labute approximate surface area is 197 Å². The predicted octanol–water partition coefficient (Wildman–Crippen LogP) is 9.72. The van der Waals surface area contributed by atoms with Crippen molar-refractivity contribution >= 4 is 63.7 Å². The molecule has 0 amide bonds. The molecule has 0 saturated heterocycles. The van der Waals surface area contributed by atoms with Gasteiger partial charge in [0, 0.05) is 40.1 Å². The third kappa shape index (κ3) is 2.80. The van der Waals surface area contributed by atoms with E-state index in [1.807, 2.05) is 0 Å². The second-order valence-corrected chi connectivity index (χ2v) is 10.1. The van der Waals surface area contributed by atoms with E-state index in [0.717, 1.165) is 17.9 Å². The van der Waals surface area contributed by atoms with Gasteiger partial charge >= 0.3 is 0 Å². The van der Waals surface area contributed by atoms with Crippen molar-refractivity contribution in [3.63, 3.8) is 0 Å². The summed E-state index contributed by atoms with van der Waals surface area (Å²) >= 11 is 15.3. The maximum absolute atomic E-state index is 3.83. The monoisotopic (exact) mass is 616 g/mol. The van der Waals surface area contributed by atoms with Crippen LogP contribution in [0.5, 0.6) is 0 Å². The molecule has 0 bridgehead atoms. The molecule has 0 N–H and O–H groups in total. The van der Waals surface area contributed by atoms with Gasteiger partial charge in [0.2, 0.25) is 0 Å². The average molecular weight is 620 g/mol. The number of halogens is 4. The molecular weight excluding hydrogens is 608 g/mol. The summed E-state index contributed by atoms with van der Waals surface area (Å²) in [6.45, 7) is 0. The second-order valence-electron chi connectivity index (χ2n) is 6.65. The van der Waals surface area contributed by atoms with Crippen LogP contribution in [-0.2, 0) is 0 Å². The van der Waals surface area contributed by atoms with Gasteiger partial charge in [0.25, 0.3) is 0 Å². The van der Waals surface area contributed by atoms with Crippen LogP contribution in [0.2, 0.25) is 0 Å². The Morgan fingerprint density at radius 3 is 0.750 bits per heavy atom. The zero-order chi connectivity index (χ0) is 19.4. The molecule has 1 aliphatic carbocycles. The lowest BCUT2D eigenvalue weighted by Crippen LogP contribution is -1.99. The molecular formula is C24H12Br4. The highest BCUT2D eigenvalue weighted by Gasteiger charge is 2.26. The molecule has 5 rings (SSSR count). The van der Waals surface area contributed by atoms with Crippen LogP contribution in [0, 0.1) is 0 Å². The van der Waals surface area contributed by atoms with E-state index in [0.29, 0.717) is 0 Å². The van der Waals surface area contributed by atoms with Crippen molar-refractivity contribution in [3.8, 4) is 44.5 Å². The molecule has 28 heavy (non-hydrogen) atoms. The fourth-order valence-corrected chi connectivity index (χ4v) is 6.27. The lowest BCUT2D eigenvalue weighted by molar-refractivity contribution is 1.47. The van der Waals surface area contributed by atoms with Crippen LogP contribution in [0.4, 0.5) is 0 Å². The fraction of sp³-hybridized carbons (Fsp3) is 0. The molecule has 4 aromatic carbocycles. The van der Waals surface area contributed by atoms with Gasteiger partial charge in [-0.15, -0.1) is 0 Å². The molecule has 0 heterocycles. The molecule has 0 unspecified atom stereocenters. The summed E-state index contributed by atoms with van der Waals surface area (Å²) in [7, 11) is 0. The Kier molecular flexibility index (Phi) is 4.87. The Hall–Kier alpha value is -1.20. The standard InChI is InChI=1S/C24H12Br4/c25-17-9-1-5-13-14-6-2-10-18(26)22(14)24-16(8-4-12-20(24)28)15-7-3-11-19(27)23(15)21(13)17/h1-12H. The van der Waals surface area contributed by atoms with Crippen molar-refractivity contribution in [2.24, 2.45) is 0 Å². The summed E-state index contributed by atoms with van der Waals surface area (Å²) in [6, 6.07) is 25.7. The topological polar surface area (TPSA) is 0 Å². The van der Waals surface area contributed by atoms with Crippen LogP contribution in [0.15, 0.2) is 90.7 Å². The first kappa shape index (κ1) is 18.8. The first-order chi connectivity index (χ1) is 13.6. The Morgan fingerprint density at radius 1 is 0.321 bits per heavy atom. The van der Waals surface area contributed by atoms with E-state index in [2.05, 4.69) is 137 Å². The van der Waals surface area contributed by atoms with Gasteiger partial charge in [-0.2, -0.15) is 0 Å². The van der Waals surface area contributed by atoms with Crippen molar-refractivity contribution < 1.29 is 0 Å². The van der Waals surface area contributed by atoms with Crippen LogP contribution in [-0.4, -0.2) is 0 Å². The van der Waals surface area contributed by atoms with Gasteiger partial charge in [-0.3, -0.25) is 0 Å². The fourth-order valence-electron chi connectivity index (χ4n) is 4.01. The maximum Gasteiger partial charge on any atom is 0.0260 e. The maximum atomic E-state index is 3.83. The van der Waals surface area contributed by atoms with Crippen LogP contribution in [0.3, 0.4) is 0 Å². The SMILES string of the molecule is Brc1cccc2c1-c1c(Br)cccc1-c1cccc(Br)c1-c1c(Br)cccc1-2. The van der Waals surface area contributed by atoms with Gasteiger partial charge in [-0.25, -0.2) is 0 Å². The van der Waals surface area contributed by atoms with E-state index in [1.54, 1.807) is 0 Å². The molecule has 0 aromatic heterocycles. The Bertz CT molecular complexity index is 1060. The van der Waals surface area contributed by atoms with E-state index in [1.165, 1.54) is 44.5 Å². The Morgan fingerprint density at radius 2 is 0.536 bits per heavy atom. The molecule has 0 atom stereocenters. The minimum absolute atomic E-state index is 1.09. The summed E-state index contributed by atoms with van der Waals surface area (Å²) in [5.74, 6) is 0. The summed E-state index contributed by atoms with van der Waals surface area (Å²) < 4.78 is 4.34. The summed E-state index contributed by atoms with van der Waals surface area (Å²) in [4.78, 5) is 0. The third-order valence-electron chi connectivity index (χ3n) is 5.13. The van der Waals surface area contributed by atoms with Crippen LogP contribution >= 0.6 is 63.7 Å². The molecule has 4 aromatic rings. The molecule has 0 saturated carbocycles. The van der Waals surface area contributed by atoms with Crippen LogP contribution in [0.1, 0.15) is 0 Å². The van der Waals surface area contributed by atoms with Crippen molar-refractivity contribution in [1.29, 1.82) is 0 Å². The minimum Gasteiger partial charge on any atom is -0.0605 e. The van der Waals surface area contributed by atoms with Gasteiger partial charge in [-0.1, -0.05) is 112 Å². The molecule has 0 nitrogen and oxygen atoms in total. The number of benzene rings is 4. The largest absolute Gasteiger partial charge is 0.0605 e. The van der Waals surface area contributed by atoms with Crippen LogP contribution < -0.4 is 0 Å². The molecule has 0 radical (unpaired) electrons. The van der Waals surface area contributed by atoms with E-state index in [-0.39, 0.29) is 0 Å². The molecule has 0 fully saturated rings. The quantitative estimate of drug-likeness (QED) is 0.162. The first-order valence-corrected chi connectivity index (χ1v) is 11.9. The zero-order valence-corrected chi connectivity index (χ0v) is 20.8. The van der Waals surface area contributed by atoms with Gasteiger partial charge in [0.05, 0.1) is 0 Å². The predicted molar refractivity (Wildman–Crippen MR) is 133 cm³/mol. The number of rotatable bonds is 0. The first-order valence-electron chi connectivity index (χ1n) is 8.73. The molecule has 0 spiro atoms. The molecule has 0 aliphatic heterocycles. The van der Waals surface area contributed by atoms with E-state index in [9.17, 15) is 0 Å². The van der Waals surface area contributed by atoms with Crippen molar-refractivity contribution in [2.45, 2.75) is 0 Å². The average Bonchev–Trinajstić information content (AvgIpc) is 2.67. The van der Waals surface area contributed by atoms with Crippen molar-refractivity contribution in [2.75, 3.05) is 0 Å². The van der Waals surface area contributed by atoms with Crippen LogP contribution in [0.25, 0.3) is 44.5 Å². The Balaban J connectivity index is 2.09. The highest BCUT2D eigenvalue weighted by Crippen LogP contribution is 2.54. The summed E-state index contributed by atoms with van der Waals surface area (Å²) in [5, 5.41) is 0. The smallest absolute Gasteiger partial charge is 0.0260 e. The van der Waals surface area contributed by atoms with Crippen molar-refractivity contribution in [3.05, 3.63) is 90.7 Å². The molecule has 1 aliphatic rings. The van der Waals surface area contributed by atoms with Gasteiger partial charge in [0.1, 0.15) is 0 Å². The number of hydrogen-bond acceptors (Lipinski definition) is 0. The van der Waals surface area contributed by atoms with E-state index >= 15 is 0 Å². The summed E-state index contributed by atoms with van der Waals surface area (Å²) in [5.41, 5.74) is 9.65. The molecule has 4 heteroatoms. The third-order valence-corrected chi connectivity index (χ3v) is 7.78. The van der Waals surface area contributed by atoms with Gasteiger partial charge < -0.3 is 0 Å². The lowest BCUT2D eigenvalue weighted by atomic mass is 9.81. The number of fused-ring (bicyclic) bond motifs is 8. The van der Waals surface area contributed by atoms with E-state index < -0.39 is 0 Å². The van der Waals surface area contributed by atoms with Gasteiger partial charge in [-0.05, 0) is 46.5 Å². The van der Waals surface area contributed by atoms with Gasteiger partial charge in [0.15, 0.2) is 0 Å². The highest BCUT2D eigenvalue weighted by molar-refractivity contribution is 9.11. The normalized spacial score (nSPS) is 11.6.